The van der Waals surface area contributed by atoms with Crippen LogP contribution in [-0.2, 0) is 6.54 Å². The molecule has 0 atom stereocenters. The molecule has 0 radical (unpaired) electrons. The van der Waals surface area contributed by atoms with E-state index in [2.05, 4.69) is 31.1 Å². The van der Waals surface area contributed by atoms with E-state index < -0.39 is 0 Å². The quantitative estimate of drug-likeness (QED) is 0.348. The van der Waals surface area contributed by atoms with Gasteiger partial charge in [0.1, 0.15) is 17.9 Å². The van der Waals surface area contributed by atoms with Crippen LogP contribution in [0.2, 0.25) is 0 Å². The van der Waals surface area contributed by atoms with Gasteiger partial charge in [-0.2, -0.15) is 0 Å². The highest BCUT2D eigenvalue weighted by Gasteiger charge is 2.16. The zero-order valence-electron chi connectivity index (χ0n) is 17.0. The first-order valence-corrected chi connectivity index (χ1v) is 10.6. The second kappa shape index (κ2) is 8.39. The van der Waals surface area contributed by atoms with E-state index in [0.29, 0.717) is 23.0 Å². The van der Waals surface area contributed by atoms with Gasteiger partial charge in [-0.15, -0.1) is 10.2 Å². The van der Waals surface area contributed by atoms with Gasteiger partial charge in [0.25, 0.3) is 5.56 Å². The van der Waals surface area contributed by atoms with Crippen molar-refractivity contribution in [2.45, 2.75) is 6.54 Å². The number of fused-ring (bicyclic) bond motifs is 1. The van der Waals surface area contributed by atoms with E-state index in [1.165, 1.54) is 0 Å². The SMILES string of the molecule is COc1ccc(-c2cc3cccnc3n(Cc3nnc(-c4ccccc4Br)o3)c2=O)cc1. The van der Waals surface area contributed by atoms with Crippen LogP contribution in [0.25, 0.3) is 33.6 Å². The lowest BCUT2D eigenvalue weighted by Gasteiger charge is -2.11. The van der Waals surface area contributed by atoms with Crippen molar-refractivity contribution >= 4 is 27.0 Å². The summed E-state index contributed by atoms with van der Waals surface area (Å²) in [5.74, 6) is 1.42. The van der Waals surface area contributed by atoms with Crippen LogP contribution in [0.4, 0.5) is 0 Å². The first-order chi connectivity index (χ1) is 15.6. The van der Waals surface area contributed by atoms with E-state index in [-0.39, 0.29) is 12.1 Å². The normalized spacial score (nSPS) is 11.1. The molecule has 0 aliphatic rings. The van der Waals surface area contributed by atoms with Gasteiger partial charge >= 0.3 is 0 Å². The maximum absolute atomic E-state index is 13.5. The van der Waals surface area contributed by atoms with E-state index in [1.54, 1.807) is 17.9 Å². The lowest BCUT2D eigenvalue weighted by Crippen LogP contribution is -2.23. The second-order valence-electron chi connectivity index (χ2n) is 7.07. The lowest BCUT2D eigenvalue weighted by atomic mass is 10.1. The monoisotopic (exact) mass is 488 g/mol. The summed E-state index contributed by atoms with van der Waals surface area (Å²) >= 11 is 3.50. The highest BCUT2D eigenvalue weighted by atomic mass is 79.9. The molecule has 0 spiro atoms. The number of halogens is 1. The summed E-state index contributed by atoms with van der Waals surface area (Å²) in [5.41, 5.74) is 2.49. The molecular weight excluding hydrogens is 472 g/mol. The molecule has 0 fully saturated rings. The maximum atomic E-state index is 13.5. The number of benzene rings is 2. The third kappa shape index (κ3) is 3.69. The van der Waals surface area contributed by atoms with Crippen LogP contribution in [0, 0.1) is 0 Å². The molecule has 3 heterocycles. The Balaban J connectivity index is 1.60. The third-order valence-electron chi connectivity index (χ3n) is 5.11. The minimum Gasteiger partial charge on any atom is -0.497 e. The Kier molecular flexibility index (Phi) is 5.28. The van der Waals surface area contributed by atoms with Gasteiger partial charge in [0.05, 0.1) is 12.7 Å². The molecule has 5 aromatic rings. The van der Waals surface area contributed by atoms with Crippen LogP contribution in [0.3, 0.4) is 0 Å². The van der Waals surface area contributed by atoms with Gasteiger partial charge in [-0.1, -0.05) is 24.3 Å². The Morgan fingerprint density at radius 2 is 1.81 bits per heavy atom. The van der Waals surface area contributed by atoms with Crippen molar-refractivity contribution in [1.29, 1.82) is 0 Å². The highest BCUT2D eigenvalue weighted by molar-refractivity contribution is 9.10. The number of hydrogen-bond acceptors (Lipinski definition) is 6. The maximum Gasteiger partial charge on any atom is 0.260 e. The smallest absolute Gasteiger partial charge is 0.260 e. The number of nitrogens with zero attached hydrogens (tertiary/aromatic N) is 4. The summed E-state index contributed by atoms with van der Waals surface area (Å²) in [5, 5.41) is 9.15. The first kappa shape index (κ1) is 20.1. The van der Waals surface area contributed by atoms with Crippen molar-refractivity contribution in [1.82, 2.24) is 19.7 Å². The summed E-state index contributed by atoms with van der Waals surface area (Å²) in [7, 11) is 1.61. The fraction of sp³-hybridized carbons (Fsp3) is 0.0833. The molecule has 0 bridgehead atoms. The highest BCUT2D eigenvalue weighted by Crippen LogP contribution is 2.27. The van der Waals surface area contributed by atoms with Crippen molar-refractivity contribution in [3.8, 4) is 28.3 Å². The molecule has 0 amide bonds. The molecular formula is C24H17BrN4O3. The Morgan fingerprint density at radius 1 is 1.00 bits per heavy atom. The van der Waals surface area contributed by atoms with Gasteiger partial charge in [-0.3, -0.25) is 9.36 Å². The van der Waals surface area contributed by atoms with E-state index >= 15 is 0 Å². The molecule has 0 aliphatic carbocycles. The van der Waals surface area contributed by atoms with E-state index in [1.807, 2.05) is 66.7 Å². The zero-order chi connectivity index (χ0) is 22.1. The average Bonchev–Trinajstić information content (AvgIpc) is 3.29. The first-order valence-electron chi connectivity index (χ1n) is 9.84. The summed E-state index contributed by atoms with van der Waals surface area (Å²) < 4.78 is 13.5. The van der Waals surface area contributed by atoms with E-state index in [9.17, 15) is 4.79 Å². The number of aromatic nitrogens is 4. The van der Waals surface area contributed by atoms with E-state index in [0.717, 1.165) is 26.7 Å². The van der Waals surface area contributed by atoms with Gasteiger partial charge in [0.15, 0.2) is 0 Å². The molecule has 0 aliphatic heterocycles. The largest absolute Gasteiger partial charge is 0.497 e. The average molecular weight is 489 g/mol. The Labute approximate surface area is 191 Å². The van der Waals surface area contributed by atoms with Crippen molar-refractivity contribution < 1.29 is 9.15 Å². The Morgan fingerprint density at radius 3 is 2.59 bits per heavy atom. The number of ether oxygens (including phenoxy) is 1. The predicted molar refractivity (Wildman–Crippen MR) is 125 cm³/mol. The molecule has 32 heavy (non-hydrogen) atoms. The molecule has 3 aromatic heterocycles. The third-order valence-corrected chi connectivity index (χ3v) is 5.80. The fourth-order valence-corrected chi connectivity index (χ4v) is 3.98. The van der Waals surface area contributed by atoms with Crippen molar-refractivity contribution in [2.24, 2.45) is 0 Å². The second-order valence-corrected chi connectivity index (χ2v) is 7.93. The fourth-order valence-electron chi connectivity index (χ4n) is 3.53. The standard InChI is InChI=1S/C24H17BrN4O3/c1-31-17-10-8-15(9-11-17)19-13-16-5-4-12-26-22(16)29(24(19)30)14-21-27-28-23(32-21)18-6-2-3-7-20(18)25/h2-13H,14H2,1H3. The van der Waals surface area contributed by atoms with Crippen LogP contribution in [-0.4, -0.2) is 26.9 Å². The van der Waals surface area contributed by atoms with Crippen LogP contribution < -0.4 is 10.3 Å². The molecule has 0 N–H and O–H groups in total. The van der Waals surface area contributed by atoms with Crippen molar-refractivity contribution in [3.63, 3.8) is 0 Å². The minimum absolute atomic E-state index is 0.105. The predicted octanol–water partition coefficient (Wildman–Crippen LogP) is 4.93. The lowest BCUT2D eigenvalue weighted by molar-refractivity contribution is 0.415. The van der Waals surface area contributed by atoms with Gasteiger partial charge in [-0.05, 0) is 64.0 Å². The summed E-state index contributed by atoms with van der Waals surface area (Å²) in [6, 6.07) is 20.6. The summed E-state index contributed by atoms with van der Waals surface area (Å²) in [6.45, 7) is 0.105. The molecule has 0 saturated heterocycles. The van der Waals surface area contributed by atoms with Gasteiger partial charge in [0.2, 0.25) is 11.8 Å². The van der Waals surface area contributed by atoms with Gasteiger partial charge in [-0.25, -0.2) is 4.98 Å². The molecule has 158 valence electrons. The number of rotatable bonds is 5. The van der Waals surface area contributed by atoms with Crippen LogP contribution in [0.15, 0.2) is 86.6 Å². The van der Waals surface area contributed by atoms with Crippen LogP contribution in [0.5, 0.6) is 5.75 Å². The zero-order valence-corrected chi connectivity index (χ0v) is 18.6. The molecule has 7 nitrogen and oxygen atoms in total. The Bertz CT molecular complexity index is 1480. The molecule has 0 unspecified atom stereocenters. The number of methoxy groups -OCH3 is 1. The number of pyridine rings is 2. The molecule has 5 rings (SSSR count). The Hall–Kier alpha value is -3.78. The van der Waals surface area contributed by atoms with Crippen molar-refractivity contribution in [3.05, 3.63) is 93.6 Å². The number of hydrogen-bond donors (Lipinski definition) is 0. The summed E-state index contributed by atoms with van der Waals surface area (Å²) in [4.78, 5) is 17.9. The van der Waals surface area contributed by atoms with Gasteiger partial charge < -0.3 is 9.15 Å². The molecule has 2 aromatic carbocycles. The molecule has 0 saturated carbocycles. The minimum atomic E-state index is -0.193. The molecule has 8 heteroatoms. The topological polar surface area (TPSA) is 83.0 Å². The van der Waals surface area contributed by atoms with E-state index in [4.69, 9.17) is 9.15 Å². The van der Waals surface area contributed by atoms with Gasteiger partial charge in [0, 0.05) is 21.6 Å². The van der Waals surface area contributed by atoms with Crippen LogP contribution in [0.1, 0.15) is 5.89 Å². The summed E-state index contributed by atoms with van der Waals surface area (Å²) in [6.07, 6.45) is 1.66. The van der Waals surface area contributed by atoms with Crippen molar-refractivity contribution in [2.75, 3.05) is 7.11 Å². The van der Waals surface area contributed by atoms with Crippen LogP contribution >= 0.6 is 15.9 Å².